The largest absolute Gasteiger partial charge is 0.384 e. The third kappa shape index (κ3) is 3.73. The second-order valence-electron chi connectivity index (χ2n) is 6.49. The molecular weight excluding hydrogens is 280 g/mol. The van der Waals surface area contributed by atoms with Gasteiger partial charge in [-0.1, -0.05) is 20.8 Å². The number of aryl methyl sites for hydroxylation is 2. The molecule has 5 heteroatoms. The van der Waals surface area contributed by atoms with Gasteiger partial charge in [0.1, 0.15) is 17.5 Å². The lowest BCUT2D eigenvalue weighted by Gasteiger charge is -2.20. The Morgan fingerprint density at radius 1 is 1.19 bits per heavy atom. The van der Waals surface area contributed by atoms with Crippen LogP contribution in [0.1, 0.15) is 54.9 Å². The van der Waals surface area contributed by atoms with Crippen LogP contribution in [-0.4, -0.2) is 9.97 Å². The van der Waals surface area contributed by atoms with Gasteiger partial charge in [-0.05, 0) is 32.4 Å². The van der Waals surface area contributed by atoms with Gasteiger partial charge in [-0.2, -0.15) is 0 Å². The molecule has 0 spiro atoms. The van der Waals surface area contributed by atoms with E-state index in [1.807, 2.05) is 11.3 Å². The minimum Gasteiger partial charge on any atom is -0.384 e. The van der Waals surface area contributed by atoms with Crippen molar-refractivity contribution in [2.45, 2.75) is 53.0 Å². The molecular formula is C16H24N4S. The van der Waals surface area contributed by atoms with Crippen LogP contribution in [0.4, 0.5) is 11.6 Å². The first-order chi connectivity index (χ1) is 9.66. The molecule has 1 unspecified atom stereocenters. The van der Waals surface area contributed by atoms with Crippen LogP contribution < -0.4 is 11.1 Å². The number of hydrogen-bond donors (Lipinski definition) is 2. The SMILES string of the molecule is Cc1cc(C(C)Nc2cc(N)nc(C(C)(C)C)n2)c(C)s1. The number of hydrogen-bond acceptors (Lipinski definition) is 5. The van der Waals surface area contributed by atoms with Gasteiger partial charge in [-0.3, -0.25) is 0 Å². The smallest absolute Gasteiger partial charge is 0.138 e. The maximum Gasteiger partial charge on any atom is 0.138 e. The molecule has 2 aromatic rings. The van der Waals surface area contributed by atoms with Gasteiger partial charge in [0.15, 0.2) is 0 Å². The van der Waals surface area contributed by atoms with E-state index >= 15 is 0 Å². The van der Waals surface area contributed by atoms with Crippen LogP contribution in [-0.2, 0) is 5.41 Å². The number of rotatable bonds is 3. The second-order valence-corrected chi connectivity index (χ2v) is 7.95. The summed E-state index contributed by atoms with van der Waals surface area (Å²) in [6.07, 6.45) is 0. The summed E-state index contributed by atoms with van der Waals surface area (Å²) in [6.45, 7) is 12.7. The quantitative estimate of drug-likeness (QED) is 0.891. The highest BCUT2D eigenvalue weighted by molar-refractivity contribution is 7.12. The Kier molecular flexibility index (Phi) is 4.23. The molecule has 0 saturated carbocycles. The lowest BCUT2D eigenvalue weighted by Crippen LogP contribution is -2.19. The van der Waals surface area contributed by atoms with E-state index in [1.54, 1.807) is 6.07 Å². The number of aromatic nitrogens is 2. The first kappa shape index (κ1) is 15.8. The molecule has 0 saturated heterocycles. The standard InChI is InChI=1S/C16H24N4S/c1-9-7-12(11(3)21-9)10(2)18-14-8-13(17)19-15(20-14)16(4,5)6/h7-8,10H,1-6H3,(H3,17,18,19,20). The zero-order valence-electron chi connectivity index (χ0n) is 13.6. The minimum absolute atomic E-state index is 0.121. The van der Waals surface area contributed by atoms with Crippen LogP contribution in [0.3, 0.4) is 0 Å². The first-order valence-electron chi connectivity index (χ1n) is 7.15. The number of nitrogen functional groups attached to an aromatic ring is 1. The number of nitrogens with two attached hydrogens (primary N) is 1. The van der Waals surface area contributed by atoms with E-state index < -0.39 is 0 Å². The number of anilines is 2. The van der Waals surface area contributed by atoms with Gasteiger partial charge in [-0.15, -0.1) is 11.3 Å². The maximum atomic E-state index is 5.92. The summed E-state index contributed by atoms with van der Waals surface area (Å²) in [5.41, 5.74) is 7.11. The van der Waals surface area contributed by atoms with Gasteiger partial charge < -0.3 is 11.1 Å². The summed E-state index contributed by atoms with van der Waals surface area (Å²) in [5, 5.41) is 3.44. The number of nitrogens with one attached hydrogen (secondary N) is 1. The van der Waals surface area contributed by atoms with E-state index in [4.69, 9.17) is 5.73 Å². The molecule has 0 aliphatic rings. The Balaban J connectivity index is 2.27. The fourth-order valence-electron chi connectivity index (χ4n) is 2.26. The molecule has 2 heterocycles. The van der Waals surface area contributed by atoms with Crippen LogP contribution in [0.25, 0.3) is 0 Å². The van der Waals surface area contributed by atoms with E-state index in [0.29, 0.717) is 5.82 Å². The monoisotopic (exact) mass is 304 g/mol. The molecule has 21 heavy (non-hydrogen) atoms. The molecule has 2 aromatic heterocycles. The van der Waals surface area contributed by atoms with Crippen LogP contribution >= 0.6 is 11.3 Å². The van der Waals surface area contributed by atoms with Crippen LogP contribution in [0.5, 0.6) is 0 Å². The Bertz CT molecular complexity index is 640. The normalized spacial score (nSPS) is 13.2. The molecule has 2 rings (SSSR count). The van der Waals surface area contributed by atoms with Crippen molar-refractivity contribution < 1.29 is 0 Å². The van der Waals surface area contributed by atoms with Crippen molar-refractivity contribution >= 4 is 23.0 Å². The predicted octanol–water partition coefficient (Wildman–Crippen LogP) is 4.21. The van der Waals surface area contributed by atoms with E-state index in [9.17, 15) is 0 Å². The Morgan fingerprint density at radius 2 is 1.86 bits per heavy atom. The summed E-state index contributed by atoms with van der Waals surface area (Å²) in [6, 6.07) is 4.21. The molecule has 1 atom stereocenters. The maximum absolute atomic E-state index is 5.92. The molecule has 4 nitrogen and oxygen atoms in total. The minimum atomic E-state index is -0.121. The van der Waals surface area contributed by atoms with Crippen molar-refractivity contribution in [2.24, 2.45) is 0 Å². The molecule has 0 aliphatic heterocycles. The van der Waals surface area contributed by atoms with Gasteiger partial charge in [0.05, 0.1) is 6.04 Å². The molecule has 0 radical (unpaired) electrons. The first-order valence-corrected chi connectivity index (χ1v) is 7.97. The highest BCUT2D eigenvalue weighted by atomic mass is 32.1. The summed E-state index contributed by atoms with van der Waals surface area (Å²) >= 11 is 1.82. The van der Waals surface area contributed by atoms with Gasteiger partial charge in [-0.25, -0.2) is 9.97 Å². The van der Waals surface area contributed by atoms with Crippen LogP contribution in [0.2, 0.25) is 0 Å². The second kappa shape index (κ2) is 5.64. The average molecular weight is 304 g/mol. The third-order valence-corrected chi connectivity index (χ3v) is 4.31. The Morgan fingerprint density at radius 3 is 2.38 bits per heavy atom. The van der Waals surface area contributed by atoms with E-state index in [1.165, 1.54) is 15.3 Å². The summed E-state index contributed by atoms with van der Waals surface area (Å²) in [5.74, 6) is 2.04. The molecule has 0 fully saturated rings. The molecule has 3 N–H and O–H groups in total. The number of nitrogens with zero attached hydrogens (tertiary/aromatic N) is 2. The Labute approximate surface area is 130 Å². The van der Waals surface area contributed by atoms with Crippen molar-refractivity contribution in [3.05, 3.63) is 33.3 Å². The van der Waals surface area contributed by atoms with Crippen LogP contribution in [0.15, 0.2) is 12.1 Å². The fourth-order valence-corrected chi connectivity index (χ4v) is 3.28. The van der Waals surface area contributed by atoms with Crippen molar-refractivity contribution in [3.8, 4) is 0 Å². The average Bonchev–Trinajstić information content (AvgIpc) is 2.66. The highest BCUT2D eigenvalue weighted by Crippen LogP contribution is 2.29. The van der Waals surface area contributed by atoms with Gasteiger partial charge in [0, 0.05) is 21.2 Å². The van der Waals surface area contributed by atoms with E-state index in [-0.39, 0.29) is 11.5 Å². The van der Waals surface area contributed by atoms with Crippen molar-refractivity contribution in [1.29, 1.82) is 0 Å². The van der Waals surface area contributed by atoms with Crippen molar-refractivity contribution in [1.82, 2.24) is 9.97 Å². The third-order valence-electron chi connectivity index (χ3n) is 3.33. The van der Waals surface area contributed by atoms with Gasteiger partial charge >= 0.3 is 0 Å². The molecule has 0 amide bonds. The summed E-state index contributed by atoms with van der Waals surface area (Å²) in [4.78, 5) is 11.6. The number of thiophene rings is 1. The zero-order valence-corrected chi connectivity index (χ0v) is 14.4. The fraction of sp³-hybridized carbons (Fsp3) is 0.500. The molecule has 114 valence electrons. The predicted molar refractivity (Wildman–Crippen MR) is 91.0 cm³/mol. The summed E-state index contributed by atoms with van der Waals surface area (Å²) < 4.78 is 0. The molecule has 0 aliphatic carbocycles. The topological polar surface area (TPSA) is 63.8 Å². The van der Waals surface area contributed by atoms with Gasteiger partial charge in [0.2, 0.25) is 0 Å². The highest BCUT2D eigenvalue weighted by Gasteiger charge is 2.19. The lowest BCUT2D eigenvalue weighted by atomic mass is 9.96. The zero-order chi connectivity index (χ0) is 15.8. The molecule has 0 aromatic carbocycles. The van der Waals surface area contributed by atoms with Gasteiger partial charge in [0.25, 0.3) is 0 Å². The van der Waals surface area contributed by atoms with Crippen molar-refractivity contribution in [2.75, 3.05) is 11.1 Å². The Hall–Kier alpha value is -1.62. The van der Waals surface area contributed by atoms with E-state index in [2.05, 4.69) is 62.9 Å². The van der Waals surface area contributed by atoms with E-state index in [0.717, 1.165) is 11.6 Å². The molecule has 0 bridgehead atoms. The summed E-state index contributed by atoms with van der Waals surface area (Å²) in [7, 11) is 0. The van der Waals surface area contributed by atoms with Crippen LogP contribution in [0, 0.1) is 13.8 Å². The van der Waals surface area contributed by atoms with Crippen molar-refractivity contribution in [3.63, 3.8) is 0 Å². The lowest BCUT2D eigenvalue weighted by molar-refractivity contribution is 0.546.